The van der Waals surface area contributed by atoms with Crippen molar-refractivity contribution in [1.82, 2.24) is 4.57 Å². The Kier molecular flexibility index (Phi) is 4.52. The van der Waals surface area contributed by atoms with Gasteiger partial charge in [-0.05, 0) is 48.9 Å². The van der Waals surface area contributed by atoms with Gasteiger partial charge in [-0.15, -0.1) is 0 Å². The summed E-state index contributed by atoms with van der Waals surface area (Å²) in [5.41, 5.74) is 2.21. The quantitative estimate of drug-likeness (QED) is 0.410. The highest BCUT2D eigenvalue weighted by atomic mass is 19.1. The first-order valence-electron chi connectivity index (χ1n) is 7.39. The van der Waals surface area contributed by atoms with Crippen molar-refractivity contribution in [1.29, 1.82) is 0 Å². The van der Waals surface area contributed by atoms with Crippen LogP contribution >= 0.6 is 0 Å². The Morgan fingerprint density at radius 3 is 2.33 bits per heavy atom. The molecular formula is C19H15FN2O2. The molecule has 120 valence electrons. The number of benzene rings is 2. The van der Waals surface area contributed by atoms with Crippen molar-refractivity contribution in [2.75, 3.05) is 0 Å². The maximum atomic E-state index is 13.5. The van der Waals surface area contributed by atoms with Gasteiger partial charge in [0.05, 0.1) is 11.3 Å². The lowest BCUT2D eigenvalue weighted by Gasteiger charge is -2.05. The summed E-state index contributed by atoms with van der Waals surface area (Å²) in [6, 6.07) is 17.2. The summed E-state index contributed by atoms with van der Waals surface area (Å²) >= 11 is 0. The van der Waals surface area contributed by atoms with E-state index >= 15 is 0 Å². The summed E-state index contributed by atoms with van der Waals surface area (Å²) in [5.74, 6) is -1.46. The van der Waals surface area contributed by atoms with Crippen LogP contribution in [-0.4, -0.2) is 16.2 Å². The molecule has 0 amide bonds. The lowest BCUT2D eigenvalue weighted by atomic mass is 10.1. The monoisotopic (exact) mass is 322 g/mol. The lowest BCUT2D eigenvalue weighted by molar-refractivity contribution is 0.0511. The summed E-state index contributed by atoms with van der Waals surface area (Å²) in [6.45, 7) is 1.72. The third-order valence-corrected chi connectivity index (χ3v) is 3.55. The third kappa shape index (κ3) is 3.41. The molecule has 0 radical (unpaired) electrons. The fourth-order valence-electron chi connectivity index (χ4n) is 2.22. The highest BCUT2D eigenvalue weighted by molar-refractivity contribution is 5.99. The molecule has 1 aromatic heterocycles. The van der Waals surface area contributed by atoms with E-state index in [0.29, 0.717) is 5.71 Å². The Labute approximate surface area is 138 Å². The molecule has 0 atom stereocenters. The molecule has 3 rings (SSSR count). The van der Waals surface area contributed by atoms with Crippen LogP contribution in [0.1, 0.15) is 22.8 Å². The SMILES string of the molecule is CC(=NOC(=O)c1ccccc1F)c1ccc(-n2cccc2)cc1. The molecule has 1 heterocycles. The van der Waals surface area contributed by atoms with E-state index in [4.69, 9.17) is 4.84 Å². The maximum absolute atomic E-state index is 13.5. The first kappa shape index (κ1) is 15.7. The van der Waals surface area contributed by atoms with E-state index in [1.165, 1.54) is 18.2 Å². The number of carbonyl (C=O) groups excluding carboxylic acids is 1. The highest BCUT2D eigenvalue weighted by Crippen LogP contribution is 2.12. The second-order valence-corrected chi connectivity index (χ2v) is 5.17. The van der Waals surface area contributed by atoms with Crippen LogP contribution in [0.5, 0.6) is 0 Å². The largest absolute Gasteiger partial charge is 0.368 e. The summed E-state index contributed by atoms with van der Waals surface area (Å²) in [6.07, 6.45) is 3.90. The van der Waals surface area contributed by atoms with Gasteiger partial charge < -0.3 is 9.40 Å². The predicted octanol–water partition coefficient (Wildman–Crippen LogP) is 4.20. The minimum Gasteiger partial charge on any atom is -0.324 e. The number of hydrogen-bond donors (Lipinski definition) is 0. The molecule has 0 N–H and O–H groups in total. The van der Waals surface area contributed by atoms with Crippen LogP contribution in [0.2, 0.25) is 0 Å². The molecule has 0 aliphatic rings. The van der Waals surface area contributed by atoms with Crippen molar-refractivity contribution in [3.05, 3.63) is 90.0 Å². The molecule has 0 bridgehead atoms. The summed E-state index contributed by atoms with van der Waals surface area (Å²) < 4.78 is 15.5. The number of nitrogens with zero attached hydrogens (tertiary/aromatic N) is 2. The molecular weight excluding hydrogens is 307 g/mol. The van der Waals surface area contributed by atoms with Crippen LogP contribution in [0, 0.1) is 5.82 Å². The molecule has 0 saturated heterocycles. The normalized spacial score (nSPS) is 11.3. The average molecular weight is 322 g/mol. The molecule has 0 spiro atoms. The van der Waals surface area contributed by atoms with Crippen molar-refractivity contribution in [3.63, 3.8) is 0 Å². The van der Waals surface area contributed by atoms with Crippen molar-refractivity contribution in [3.8, 4) is 5.69 Å². The van der Waals surface area contributed by atoms with Crippen LogP contribution in [-0.2, 0) is 4.84 Å². The van der Waals surface area contributed by atoms with Gasteiger partial charge in [-0.1, -0.05) is 29.4 Å². The molecule has 0 unspecified atom stereocenters. The predicted molar refractivity (Wildman–Crippen MR) is 89.8 cm³/mol. The van der Waals surface area contributed by atoms with Crippen LogP contribution in [0.25, 0.3) is 5.69 Å². The van der Waals surface area contributed by atoms with Gasteiger partial charge in [0.25, 0.3) is 0 Å². The Morgan fingerprint density at radius 1 is 1.00 bits per heavy atom. The van der Waals surface area contributed by atoms with Gasteiger partial charge in [-0.2, -0.15) is 0 Å². The minimum atomic E-state index is -0.823. The summed E-state index contributed by atoms with van der Waals surface area (Å²) in [4.78, 5) is 16.7. The van der Waals surface area contributed by atoms with E-state index in [9.17, 15) is 9.18 Å². The molecule has 2 aromatic carbocycles. The van der Waals surface area contributed by atoms with Crippen LogP contribution in [0.4, 0.5) is 4.39 Å². The van der Waals surface area contributed by atoms with Gasteiger partial charge in [0, 0.05) is 18.1 Å². The standard InChI is InChI=1S/C19H15FN2O2/c1-14(21-24-19(23)17-6-2-3-7-18(17)20)15-8-10-16(11-9-15)22-12-4-5-13-22/h2-13H,1H3. The van der Waals surface area contributed by atoms with Gasteiger partial charge >= 0.3 is 5.97 Å². The number of rotatable bonds is 4. The second-order valence-electron chi connectivity index (χ2n) is 5.17. The number of hydrogen-bond acceptors (Lipinski definition) is 3. The van der Waals surface area contributed by atoms with E-state index in [2.05, 4.69) is 5.16 Å². The first-order chi connectivity index (χ1) is 11.6. The summed E-state index contributed by atoms with van der Waals surface area (Å²) in [5, 5.41) is 3.80. The molecule has 24 heavy (non-hydrogen) atoms. The Hall–Kier alpha value is -3.21. The van der Waals surface area contributed by atoms with E-state index in [1.807, 2.05) is 53.4 Å². The first-order valence-corrected chi connectivity index (χ1v) is 7.39. The van der Waals surface area contributed by atoms with Gasteiger partial charge in [0.2, 0.25) is 0 Å². The highest BCUT2D eigenvalue weighted by Gasteiger charge is 2.12. The Morgan fingerprint density at radius 2 is 1.67 bits per heavy atom. The van der Waals surface area contributed by atoms with E-state index in [1.54, 1.807) is 13.0 Å². The molecule has 5 heteroatoms. The molecule has 0 aliphatic heterocycles. The van der Waals surface area contributed by atoms with Crippen molar-refractivity contribution >= 4 is 11.7 Å². The minimum absolute atomic E-state index is 0.142. The van der Waals surface area contributed by atoms with Crippen molar-refractivity contribution < 1.29 is 14.0 Å². The van der Waals surface area contributed by atoms with Gasteiger partial charge in [0.1, 0.15) is 5.82 Å². The van der Waals surface area contributed by atoms with Gasteiger partial charge in [-0.25, -0.2) is 9.18 Å². The van der Waals surface area contributed by atoms with E-state index < -0.39 is 11.8 Å². The van der Waals surface area contributed by atoms with Gasteiger partial charge in [0.15, 0.2) is 0 Å². The second kappa shape index (κ2) is 6.91. The molecule has 0 fully saturated rings. The van der Waals surface area contributed by atoms with E-state index in [-0.39, 0.29) is 5.56 Å². The van der Waals surface area contributed by atoms with Crippen molar-refractivity contribution in [2.24, 2.45) is 5.16 Å². The van der Waals surface area contributed by atoms with E-state index in [0.717, 1.165) is 11.3 Å². The van der Waals surface area contributed by atoms with Crippen LogP contribution < -0.4 is 0 Å². The zero-order valence-corrected chi connectivity index (χ0v) is 13.0. The number of halogens is 1. The van der Waals surface area contributed by atoms with Crippen LogP contribution in [0.15, 0.2) is 78.2 Å². The van der Waals surface area contributed by atoms with Gasteiger partial charge in [-0.3, -0.25) is 0 Å². The smallest absolute Gasteiger partial charge is 0.324 e. The third-order valence-electron chi connectivity index (χ3n) is 3.55. The molecule has 0 aliphatic carbocycles. The lowest BCUT2D eigenvalue weighted by Crippen LogP contribution is -2.06. The van der Waals surface area contributed by atoms with Crippen molar-refractivity contribution in [2.45, 2.75) is 6.92 Å². The fourth-order valence-corrected chi connectivity index (χ4v) is 2.22. The van der Waals surface area contributed by atoms with Crippen LogP contribution in [0.3, 0.4) is 0 Å². The molecule has 0 saturated carbocycles. The fraction of sp³-hybridized carbons (Fsp3) is 0.0526. The Bertz CT molecular complexity index is 869. The topological polar surface area (TPSA) is 43.6 Å². The number of oxime groups is 1. The zero-order chi connectivity index (χ0) is 16.9. The Balaban J connectivity index is 1.72. The molecule has 4 nitrogen and oxygen atoms in total. The molecule has 3 aromatic rings. The number of carbonyl (C=O) groups is 1. The zero-order valence-electron chi connectivity index (χ0n) is 13.0. The average Bonchev–Trinajstić information content (AvgIpc) is 3.14. The maximum Gasteiger partial charge on any atom is 0.368 e. The summed E-state index contributed by atoms with van der Waals surface area (Å²) in [7, 11) is 0. The number of aromatic nitrogens is 1.